The third-order valence-electron chi connectivity index (χ3n) is 18.1. The maximum absolute atomic E-state index is 12.9. The van der Waals surface area contributed by atoms with Crippen molar-refractivity contribution in [3.63, 3.8) is 0 Å². The summed E-state index contributed by atoms with van der Waals surface area (Å²) in [7, 11) is 0.558. The average molecular weight is 1280 g/mol. The second kappa shape index (κ2) is 32.5. The fourth-order valence-electron chi connectivity index (χ4n) is 13.0. The molecule has 6 N–H and O–H groups in total. The molecular weight excluding hydrogens is 1140 g/mol. The van der Waals surface area contributed by atoms with Crippen molar-refractivity contribution in [2.75, 3.05) is 81.8 Å². The summed E-state index contributed by atoms with van der Waals surface area (Å²) < 4.78 is 244. The van der Waals surface area contributed by atoms with Gasteiger partial charge in [-0.3, -0.25) is 29.1 Å². The van der Waals surface area contributed by atoms with Gasteiger partial charge < -0.3 is 59.8 Å². The van der Waals surface area contributed by atoms with Crippen molar-refractivity contribution in [2.45, 2.75) is 195 Å². The van der Waals surface area contributed by atoms with Crippen molar-refractivity contribution in [3.8, 4) is 34.5 Å². The smallest absolute Gasteiger partial charge is 0.323 e. The average Bonchev–Trinajstić information content (AvgIpc) is 0.739. The lowest BCUT2D eigenvalue weighted by atomic mass is 9.79. The van der Waals surface area contributed by atoms with Gasteiger partial charge in [-0.15, -0.1) is 0 Å². The molecule has 6 heterocycles. The van der Waals surface area contributed by atoms with Crippen LogP contribution in [0.3, 0.4) is 0 Å². The summed E-state index contributed by atoms with van der Waals surface area (Å²) in [4.78, 5) is 44.8. The highest BCUT2D eigenvalue weighted by molar-refractivity contribution is 5.77. The predicted molar refractivity (Wildman–Crippen MR) is 353 cm³/mol. The molecule has 90 heavy (non-hydrogen) atoms. The van der Waals surface area contributed by atoms with Crippen LogP contribution in [-0.4, -0.2) is 151 Å². The van der Waals surface area contributed by atoms with Crippen LogP contribution in [-0.2, 0) is 47.9 Å². The van der Waals surface area contributed by atoms with E-state index in [9.17, 15) is 14.4 Å². The predicted octanol–water partition coefficient (Wildman–Crippen LogP) is 10.7. The zero-order chi connectivity index (χ0) is 86.6. The number of hydrogen-bond acceptors (Lipinski definition) is 18. The Morgan fingerprint density at radius 3 is 0.944 bits per heavy atom. The van der Waals surface area contributed by atoms with Crippen molar-refractivity contribution in [1.29, 1.82) is 0 Å². The fraction of sp³-hybridized carbons (Fsp3) is 0.708. The number of rotatable bonds is 21. The standard InChI is InChI=1S/3C24H38N2O4/c3*1-14(2)9-17-13-26-8-7-16-10-21(28-5)22(29-6)11-18(16)19(26)12-20(17)30-24(27)23(25)15(3)4/h3*10-11,14-15,17,19-20,23H,7-9,12-13,25H2,1-6H3/t3*17-,19-,20+,23+/m111/s1/i2*1D3,5D3,9D2,14D;1D3,9D2,14D/t3*14?,17-,19-,20+,23+. The highest BCUT2D eigenvalue weighted by atomic mass is 16.6. The number of methoxy groups -OCH3 is 6. The van der Waals surface area contributed by atoms with Gasteiger partial charge in [0.15, 0.2) is 34.5 Å². The first kappa shape index (κ1) is 45.0. The molecule has 3 saturated heterocycles. The van der Waals surface area contributed by atoms with Crippen LogP contribution in [0.1, 0.15) is 206 Å². The van der Waals surface area contributed by atoms with E-state index in [-0.39, 0.29) is 97.8 Å². The van der Waals surface area contributed by atoms with Crippen LogP contribution in [0.2, 0.25) is 0 Å². The van der Waals surface area contributed by atoms with Crippen LogP contribution < -0.4 is 45.6 Å². The minimum absolute atomic E-state index is 0.0341. The quantitative estimate of drug-likeness (QED) is 0.0666. The Bertz CT molecular complexity index is 3690. The normalized spacial score (nSPS) is 32.0. The Balaban J connectivity index is 0.000000237. The van der Waals surface area contributed by atoms with Gasteiger partial charge in [-0.2, -0.15) is 0 Å². The van der Waals surface area contributed by atoms with E-state index >= 15 is 0 Å². The second-order valence-corrected chi connectivity index (χ2v) is 25.4. The monoisotopic (exact) mass is 1280 g/mol. The topological polar surface area (TPSA) is 222 Å². The molecule has 0 aromatic heterocycles. The van der Waals surface area contributed by atoms with Gasteiger partial charge in [0.2, 0.25) is 0 Å². The molecule has 0 saturated carbocycles. The molecule has 0 bridgehead atoms. The molecule has 3 unspecified atom stereocenters. The van der Waals surface area contributed by atoms with Crippen molar-refractivity contribution < 1.29 is 89.9 Å². The second-order valence-electron chi connectivity index (χ2n) is 25.4. The van der Waals surface area contributed by atoms with E-state index in [4.69, 9.17) is 92.7 Å². The summed E-state index contributed by atoms with van der Waals surface area (Å²) in [5.74, 6) is -11.7. The van der Waals surface area contributed by atoms with E-state index in [1.165, 1.54) is 14.2 Å². The SMILES string of the molecule is [2H]C([2H])([2H])C([2H])(C)C([2H])([2H])[C@@H]1CN2CCc3cc(OC)c(OC)cc3[C@H]2C[C@@H]1OC(=O)[C@@H](N)C(C)C.[2H]C([2H])([2H])Oc1cc2c(cc1OC)[C@H]1C[C@H](OC(=O)[C@@H](N)C(C)C)[C@H](C([2H])([2H])C([2H])(C)C([2H])([2H])[2H])CN1CC2.[2H]C([2H])([2H])Oc1cc2c(cc1OC)[C@H]1C[C@H](OC(=O)[C@@H](N)C(C)C)[C@H](C([2H])([2H])C([2H])(C)C([2H])([2H])[2H])CN1CC2. The van der Waals surface area contributed by atoms with E-state index in [0.29, 0.717) is 50.4 Å². The molecule has 18 nitrogen and oxygen atoms in total. The maximum atomic E-state index is 12.9. The number of carbonyl (C=O) groups is 3. The van der Waals surface area contributed by atoms with Crippen LogP contribution in [0.4, 0.5) is 0 Å². The molecule has 18 heteroatoms. The minimum Gasteiger partial charge on any atom is -0.493 e. The van der Waals surface area contributed by atoms with E-state index in [0.717, 1.165) is 54.2 Å². The van der Waals surface area contributed by atoms with Crippen LogP contribution in [0, 0.1) is 53.2 Å². The molecular formula is C72H114N6O12. The number of fused-ring (bicyclic) bond motifs is 9. The Morgan fingerprint density at radius 2 is 0.711 bits per heavy atom. The number of nitrogens with two attached hydrogens (primary N) is 3. The van der Waals surface area contributed by atoms with Crippen molar-refractivity contribution >= 4 is 17.9 Å². The molecule has 0 spiro atoms. The number of hydrogen-bond donors (Lipinski definition) is 3. The highest BCUT2D eigenvalue weighted by Crippen LogP contribution is 2.48. The zero-order valence-corrected chi connectivity index (χ0v) is 54.6. The van der Waals surface area contributed by atoms with Crippen molar-refractivity contribution in [2.24, 2.45) is 70.4 Å². The van der Waals surface area contributed by atoms with Gasteiger partial charge in [0.25, 0.3) is 0 Å². The number of esters is 3. The first-order valence-corrected chi connectivity index (χ1v) is 31.1. The highest BCUT2D eigenvalue weighted by Gasteiger charge is 2.45. The molecule has 6 aliphatic rings. The molecule has 3 fully saturated rings. The van der Waals surface area contributed by atoms with Gasteiger partial charge in [0.05, 0.1) is 50.7 Å². The molecule has 3 aromatic rings. The number of carbonyl (C=O) groups excluding carboxylic acids is 3. The molecule has 0 aliphatic carbocycles. The van der Waals surface area contributed by atoms with E-state index < -0.39 is 144 Å². The maximum Gasteiger partial charge on any atom is 0.323 e. The lowest BCUT2D eigenvalue weighted by molar-refractivity contribution is -0.161. The van der Waals surface area contributed by atoms with E-state index in [1.807, 2.05) is 21.9 Å². The number of ether oxygens (including phenoxy) is 9. The molecule has 9 rings (SSSR count). The lowest BCUT2D eigenvalue weighted by Gasteiger charge is -2.47. The first-order chi connectivity index (χ1) is 52.0. The molecule has 0 amide bonds. The van der Waals surface area contributed by atoms with Crippen molar-refractivity contribution in [3.05, 3.63) is 69.8 Å². The minimum atomic E-state index is -2.93. The molecule has 6 aliphatic heterocycles. The lowest BCUT2D eigenvalue weighted by Crippen LogP contribution is -2.51. The first-order valence-electron chi connectivity index (χ1n) is 43.1. The van der Waals surface area contributed by atoms with E-state index in [2.05, 4.69) is 4.90 Å². The van der Waals surface area contributed by atoms with Gasteiger partial charge >= 0.3 is 17.9 Å². The summed E-state index contributed by atoms with van der Waals surface area (Å²) in [5, 5.41) is 0. The van der Waals surface area contributed by atoms with Crippen molar-refractivity contribution in [1.82, 2.24) is 14.7 Å². The van der Waals surface area contributed by atoms with Crippen LogP contribution in [0.15, 0.2) is 36.4 Å². The van der Waals surface area contributed by atoms with E-state index in [1.54, 1.807) is 80.0 Å². The summed E-state index contributed by atoms with van der Waals surface area (Å²) in [6.45, 7) is 6.75. The third kappa shape index (κ3) is 17.5. The summed E-state index contributed by atoms with van der Waals surface area (Å²) >= 11 is 0. The molecule has 3 aromatic carbocycles. The summed E-state index contributed by atoms with van der Waals surface area (Å²) in [6, 6.07) is 6.66. The Labute approximate surface area is 573 Å². The molecule has 15 atom stereocenters. The fourth-order valence-corrected chi connectivity index (χ4v) is 13.0. The summed E-state index contributed by atoms with van der Waals surface area (Å²) in [6.07, 6.45) is -8.59. The van der Waals surface area contributed by atoms with Crippen LogP contribution in [0.25, 0.3) is 0 Å². The van der Waals surface area contributed by atoms with Crippen LogP contribution in [0.5, 0.6) is 34.5 Å². The molecule has 0 radical (unpaired) electrons. The Kier molecular flexibility index (Phi) is 16.2. The number of piperidine rings is 3. The van der Waals surface area contributed by atoms with Gasteiger partial charge in [-0.1, -0.05) is 82.9 Å². The van der Waals surface area contributed by atoms with Gasteiger partial charge in [-0.25, -0.2) is 0 Å². The summed E-state index contributed by atoms with van der Waals surface area (Å²) in [5.41, 5.74) is 23.3. The van der Waals surface area contributed by atoms with Gasteiger partial charge in [0.1, 0.15) is 36.4 Å². The van der Waals surface area contributed by atoms with Gasteiger partial charge in [0, 0.05) is 119 Å². The molecule has 504 valence electrons. The largest absolute Gasteiger partial charge is 0.493 e. The number of nitrogens with zero attached hydrogens (tertiary/aromatic N) is 3. The Morgan fingerprint density at radius 1 is 0.456 bits per heavy atom. The number of benzene rings is 3. The zero-order valence-electron chi connectivity index (χ0n) is 78.6. The van der Waals surface area contributed by atoms with Crippen LogP contribution >= 0.6 is 0 Å². The third-order valence-corrected chi connectivity index (χ3v) is 18.1. The Hall–Kier alpha value is -5.37. The van der Waals surface area contributed by atoms with Gasteiger partial charge in [-0.05, 0) is 144 Å².